The molecule has 10 atom stereocenters. The highest BCUT2D eigenvalue weighted by atomic mass is 32.2. The standard InChI is InChI=1S/C67H102F3N23O16S/c1-35(2)26-44-58(104)87-42(14-7-23-80-65(75)76)57(103)91-46(29-37-10-5-11-38(27-37)67(68,69)70)60(106)89-43(15-8-24-81-66(77)78)63(109)93-25-9-16-49(93)62(108)88-41(12-3-4-21-71)56(102)92-47(30-53(98)99)61(107)86-40(13-6-22-79-64(73)74)55(101)83-31-50(95)82-32-51(96)85-48(54(72)100)33-110-34-52(97)84-45(59(105)90-44)28-36-17-19-39(94)20-18-36/h5,10-11,17-20,27,35,40-49,94H,3-4,6-9,12-16,21-26,28-34,71H2,1-2H3,(H2,72,100)(H,82,95)(H,83,101)(H,84,97)(H,85,96)(H,86,107)(H,87,104)(H,88,108)(H,89,106)(H,90,105)(H,91,103)(H,92,102)(H,98,99)(H4,73,74,79)(H4,75,76,80)(H4,77,78,81)/t40-,41-,42-,43-,44-,45-,46-,47-,48-,49-/m0/s1. The fraction of sp³-hybridized carbons (Fsp3) is 0.567. The van der Waals surface area contributed by atoms with E-state index in [2.05, 4.69) is 73.5 Å². The van der Waals surface area contributed by atoms with Crippen molar-refractivity contribution in [1.29, 1.82) is 0 Å². The van der Waals surface area contributed by atoms with E-state index in [1.165, 1.54) is 30.3 Å². The summed E-state index contributed by atoms with van der Waals surface area (Å²) in [5.41, 5.74) is 43.8. The number of nitrogens with one attached hydrogen (secondary N) is 11. The molecular formula is C67H102F3N23O16S. The molecule has 0 aromatic heterocycles. The highest BCUT2D eigenvalue weighted by molar-refractivity contribution is 8.00. The van der Waals surface area contributed by atoms with Crippen molar-refractivity contribution in [1.82, 2.24) is 63.4 Å². The maximum Gasteiger partial charge on any atom is 0.416 e. The second kappa shape index (κ2) is 46.2. The van der Waals surface area contributed by atoms with E-state index in [0.29, 0.717) is 5.56 Å². The van der Waals surface area contributed by atoms with E-state index in [9.17, 15) is 80.9 Å². The number of carbonyl (C=O) groups excluding carboxylic acids is 13. The minimum atomic E-state index is -4.91. The van der Waals surface area contributed by atoms with E-state index in [1.807, 2.05) is 0 Å². The molecule has 2 aliphatic rings. The van der Waals surface area contributed by atoms with Gasteiger partial charge in [0.05, 0.1) is 30.8 Å². The lowest BCUT2D eigenvalue weighted by Crippen LogP contribution is -2.61. The summed E-state index contributed by atoms with van der Waals surface area (Å²) in [5.74, 6) is -17.5. The number of fused-ring (bicyclic) bond motifs is 1. The number of rotatable bonds is 25. The number of aliphatic imine (C=N–C) groups is 3. The molecule has 2 aromatic rings. The number of benzene rings is 2. The molecule has 2 saturated heterocycles. The summed E-state index contributed by atoms with van der Waals surface area (Å²) in [6.45, 7) is 1.29. The van der Waals surface area contributed by atoms with Crippen LogP contribution in [-0.4, -0.2) is 233 Å². The number of hydrogen-bond acceptors (Lipinski definition) is 20. The van der Waals surface area contributed by atoms with Crippen LogP contribution >= 0.6 is 11.8 Å². The third kappa shape index (κ3) is 33.5. The minimum absolute atomic E-state index is 0.0187. The largest absolute Gasteiger partial charge is 0.508 e. The molecular weight excluding hydrogens is 1470 g/mol. The summed E-state index contributed by atoms with van der Waals surface area (Å²) in [6, 6.07) is -7.04. The number of phenols is 1. The highest BCUT2D eigenvalue weighted by Gasteiger charge is 2.42. The van der Waals surface area contributed by atoms with E-state index in [0.717, 1.165) is 34.9 Å². The molecule has 110 heavy (non-hydrogen) atoms. The first-order chi connectivity index (χ1) is 51.9. The summed E-state index contributed by atoms with van der Waals surface area (Å²) in [4.78, 5) is 210. The van der Waals surface area contributed by atoms with Crippen molar-refractivity contribution in [3.05, 3.63) is 65.2 Å². The Morgan fingerprint density at radius 1 is 0.545 bits per heavy atom. The van der Waals surface area contributed by atoms with Gasteiger partial charge in [-0.05, 0) is 119 Å². The number of nitrogens with two attached hydrogens (primary N) is 8. The van der Waals surface area contributed by atoms with Gasteiger partial charge in [-0.1, -0.05) is 44.2 Å². The Balaban J connectivity index is 1.90. The van der Waals surface area contributed by atoms with Gasteiger partial charge in [0.15, 0.2) is 17.9 Å². The van der Waals surface area contributed by atoms with Crippen molar-refractivity contribution in [2.75, 3.05) is 57.3 Å². The zero-order valence-electron chi connectivity index (χ0n) is 61.0. The number of aliphatic carboxylic acids is 1. The quantitative estimate of drug-likeness (QED) is 0.0250. The molecule has 0 unspecified atom stereocenters. The van der Waals surface area contributed by atoms with Gasteiger partial charge in [0.1, 0.15) is 66.2 Å². The third-order valence-electron chi connectivity index (χ3n) is 16.9. The lowest BCUT2D eigenvalue weighted by molar-refractivity contribution is -0.143. The molecule has 2 aromatic carbocycles. The van der Waals surface area contributed by atoms with Crippen LogP contribution in [0.5, 0.6) is 5.75 Å². The SMILES string of the molecule is CC(C)C[C@@H]1NC(=O)[C@H](Cc2ccc(O)cc2)NC(=O)CSC[C@@H](C(N)=O)NC(=O)CNC(=O)CNC(=O)[C@H](CCCN=C(N)N)NC(=O)[C@H](CC(=O)O)NC(=O)[C@H](CCCCN)NC(=O)[C@@H]2CCCN2C(=O)[C@H](CCCN=C(N)N)NC(=O)[C@H](Cc2cccc(C(F)(F)F)c2)NC(=O)[C@H](CCCN=C(N)N)NC1=O. The van der Waals surface area contributed by atoms with Gasteiger partial charge in [-0.25, -0.2) is 0 Å². The van der Waals surface area contributed by atoms with Crippen molar-refractivity contribution in [3.63, 3.8) is 0 Å². The van der Waals surface area contributed by atoms with E-state index >= 15 is 9.59 Å². The zero-order valence-corrected chi connectivity index (χ0v) is 61.8. The number of aromatic hydroxyl groups is 1. The fourth-order valence-corrected chi connectivity index (χ4v) is 12.3. The molecule has 2 aliphatic heterocycles. The number of carboxylic acids is 1. The Morgan fingerprint density at radius 3 is 1.56 bits per heavy atom. The summed E-state index contributed by atoms with van der Waals surface area (Å²) < 4.78 is 43.0. The van der Waals surface area contributed by atoms with Crippen molar-refractivity contribution >= 4 is 112 Å². The number of alkyl halides is 3. The smallest absolute Gasteiger partial charge is 0.416 e. The summed E-state index contributed by atoms with van der Waals surface area (Å²) >= 11 is 0.767. The second-order valence-corrected chi connectivity index (χ2v) is 27.4. The van der Waals surface area contributed by atoms with Gasteiger partial charge in [-0.15, -0.1) is 11.8 Å². The van der Waals surface area contributed by atoms with Crippen LogP contribution in [0.25, 0.3) is 0 Å². The molecule has 2 heterocycles. The van der Waals surface area contributed by atoms with Gasteiger partial charge in [0.2, 0.25) is 76.8 Å². The van der Waals surface area contributed by atoms with Gasteiger partial charge in [-0.3, -0.25) is 82.1 Å². The van der Waals surface area contributed by atoms with E-state index in [-0.39, 0.29) is 157 Å². The Morgan fingerprint density at radius 2 is 1.02 bits per heavy atom. The van der Waals surface area contributed by atoms with Crippen LogP contribution in [0.15, 0.2) is 63.5 Å². The summed E-state index contributed by atoms with van der Waals surface area (Å²) in [7, 11) is 0. The van der Waals surface area contributed by atoms with E-state index < -0.39 is 187 Å². The molecule has 4 rings (SSSR count). The van der Waals surface area contributed by atoms with Crippen LogP contribution in [0.1, 0.15) is 114 Å². The first kappa shape index (κ1) is 91.1. The van der Waals surface area contributed by atoms with Crippen molar-refractivity contribution in [3.8, 4) is 5.75 Å². The molecule has 0 radical (unpaired) electrons. The molecule has 43 heteroatoms. The molecule has 39 nitrogen and oxygen atoms in total. The lowest BCUT2D eigenvalue weighted by Gasteiger charge is -2.31. The predicted octanol–water partition coefficient (Wildman–Crippen LogP) is -6.17. The molecule has 0 spiro atoms. The molecule has 0 bridgehead atoms. The molecule has 2 fully saturated rings. The number of primary amides is 1. The first-order valence-electron chi connectivity index (χ1n) is 35.4. The number of thioether (sulfide) groups is 1. The number of unbranched alkanes of at least 4 members (excludes halogenated alkanes) is 1. The van der Waals surface area contributed by atoms with Gasteiger partial charge in [0.25, 0.3) is 0 Å². The Kier molecular flexibility index (Phi) is 38.2. The summed E-state index contributed by atoms with van der Waals surface area (Å²) in [6.07, 6.45) is -7.82. The highest BCUT2D eigenvalue weighted by Crippen LogP contribution is 2.30. The maximum absolute atomic E-state index is 15.1. The van der Waals surface area contributed by atoms with Crippen LogP contribution in [0.3, 0.4) is 0 Å². The Bertz CT molecular complexity index is 3620. The number of hydrogen-bond donors (Lipinski definition) is 21. The number of guanidine groups is 3. The average molecular weight is 1570 g/mol. The van der Waals surface area contributed by atoms with E-state index in [4.69, 9.17) is 45.9 Å². The van der Waals surface area contributed by atoms with Crippen LogP contribution in [0.4, 0.5) is 13.2 Å². The third-order valence-corrected chi connectivity index (χ3v) is 17.9. The van der Waals surface area contributed by atoms with Crippen LogP contribution in [-0.2, 0) is 86.1 Å². The van der Waals surface area contributed by atoms with Crippen molar-refractivity contribution in [2.45, 2.75) is 177 Å². The van der Waals surface area contributed by atoms with Gasteiger partial charge >= 0.3 is 12.1 Å². The molecule has 0 aliphatic carbocycles. The molecule has 29 N–H and O–H groups in total. The number of carbonyl (C=O) groups is 14. The number of nitrogens with zero attached hydrogens (tertiary/aromatic N) is 4. The number of halogens is 3. The number of amides is 13. The molecule has 13 amide bonds. The molecule has 608 valence electrons. The number of phenolic OH excluding ortho intramolecular Hbond substituents is 1. The van der Waals surface area contributed by atoms with Gasteiger partial charge in [0, 0.05) is 44.8 Å². The zero-order chi connectivity index (χ0) is 81.8. The minimum Gasteiger partial charge on any atom is -0.508 e. The number of carboxylic acid groups (broad SMARTS) is 1. The topological polar surface area (TPSA) is 660 Å². The monoisotopic (exact) mass is 1570 g/mol. The Hall–Kier alpha value is -11.3. The van der Waals surface area contributed by atoms with Crippen LogP contribution in [0, 0.1) is 5.92 Å². The first-order valence-corrected chi connectivity index (χ1v) is 36.6. The molecule has 0 saturated carbocycles. The van der Waals surface area contributed by atoms with Crippen LogP contribution in [0.2, 0.25) is 0 Å². The second-order valence-electron chi connectivity index (χ2n) is 26.4. The fourth-order valence-electron chi connectivity index (χ4n) is 11.4. The summed E-state index contributed by atoms with van der Waals surface area (Å²) in [5, 5.41) is 47.2. The van der Waals surface area contributed by atoms with Crippen LogP contribution < -0.4 is 104 Å². The van der Waals surface area contributed by atoms with E-state index in [1.54, 1.807) is 13.8 Å². The maximum atomic E-state index is 15.1. The van der Waals surface area contributed by atoms with Crippen molar-refractivity contribution in [2.24, 2.45) is 66.8 Å². The van der Waals surface area contributed by atoms with Crippen molar-refractivity contribution < 1.29 is 90.5 Å². The predicted molar refractivity (Wildman–Crippen MR) is 396 cm³/mol. The van der Waals surface area contributed by atoms with Gasteiger partial charge in [-0.2, -0.15) is 13.2 Å². The average Bonchev–Trinajstić information content (AvgIpc) is 1.55. The lowest BCUT2D eigenvalue weighted by atomic mass is 9.99. The normalized spacial score (nSPS) is 22.8. The Labute approximate surface area is 635 Å². The van der Waals surface area contributed by atoms with Gasteiger partial charge < -0.3 is 119 Å².